The van der Waals surface area contributed by atoms with Gasteiger partial charge in [0.1, 0.15) is 0 Å². The molecule has 1 aliphatic rings. The lowest BCUT2D eigenvalue weighted by Crippen LogP contribution is -2.18. The summed E-state index contributed by atoms with van der Waals surface area (Å²) < 4.78 is 0.892. The van der Waals surface area contributed by atoms with E-state index in [2.05, 4.69) is 28.2 Å². The topological polar surface area (TPSA) is 49.3 Å². The first kappa shape index (κ1) is 12.4. The van der Waals surface area contributed by atoms with Crippen LogP contribution in [0.25, 0.3) is 0 Å². The Morgan fingerprint density at radius 2 is 2.29 bits per heavy atom. The zero-order valence-corrected chi connectivity index (χ0v) is 11.3. The number of benzene rings is 1. The summed E-state index contributed by atoms with van der Waals surface area (Å²) in [4.78, 5) is 11.1. The molecule has 1 unspecified atom stereocenters. The fraction of sp³-hybridized carbons (Fsp3) is 0.462. The molecule has 1 aliphatic carbocycles. The number of anilines is 1. The fourth-order valence-corrected chi connectivity index (χ4v) is 2.36. The molecule has 4 heteroatoms. The van der Waals surface area contributed by atoms with E-state index in [0.717, 1.165) is 16.8 Å². The van der Waals surface area contributed by atoms with Crippen LogP contribution in [0.5, 0.6) is 0 Å². The second-order valence-electron chi connectivity index (χ2n) is 4.72. The number of aromatic carboxylic acids is 1. The summed E-state index contributed by atoms with van der Waals surface area (Å²) in [6.45, 7) is 2.10. The minimum atomic E-state index is -0.890. The number of carboxylic acid groups (broad SMARTS) is 1. The van der Waals surface area contributed by atoms with Gasteiger partial charge in [-0.1, -0.05) is 28.8 Å². The Bertz CT molecular complexity index is 429. The molecule has 0 radical (unpaired) electrons. The van der Waals surface area contributed by atoms with Crippen LogP contribution in [-0.2, 0) is 0 Å². The van der Waals surface area contributed by atoms with Gasteiger partial charge in [-0.15, -0.1) is 0 Å². The lowest BCUT2D eigenvalue weighted by molar-refractivity contribution is 0.0698. The molecule has 0 heterocycles. The number of rotatable bonds is 5. The molecular formula is C13H16BrNO2. The summed E-state index contributed by atoms with van der Waals surface area (Å²) in [5, 5.41) is 12.4. The molecular weight excluding hydrogens is 282 g/mol. The van der Waals surface area contributed by atoms with E-state index in [9.17, 15) is 4.79 Å². The summed E-state index contributed by atoms with van der Waals surface area (Å²) in [7, 11) is 0. The summed E-state index contributed by atoms with van der Waals surface area (Å²) in [6.07, 6.45) is 3.75. The van der Waals surface area contributed by atoms with Crippen molar-refractivity contribution < 1.29 is 9.90 Å². The Hall–Kier alpha value is -1.03. The van der Waals surface area contributed by atoms with Crippen molar-refractivity contribution in [3.8, 4) is 0 Å². The Kier molecular flexibility index (Phi) is 3.72. The third-order valence-electron chi connectivity index (χ3n) is 3.00. The molecule has 3 nitrogen and oxygen atoms in total. The van der Waals surface area contributed by atoms with Gasteiger partial charge in [-0.05, 0) is 37.5 Å². The zero-order valence-electron chi connectivity index (χ0n) is 9.74. The lowest BCUT2D eigenvalue weighted by atomic mass is 10.1. The van der Waals surface area contributed by atoms with E-state index < -0.39 is 5.97 Å². The van der Waals surface area contributed by atoms with Gasteiger partial charge in [0.05, 0.1) is 11.3 Å². The number of nitrogens with one attached hydrogen (secondary N) is 1. The SMILES string of the molecule is CC(CC1CC1)Nc1cc(Br)ccc1C(=O)O. The molecule has 1 fully saturated rings. The normalized spacial score (nSPS) is 16.6. The van der Waals surface area contributed by atoms with Crippen molar-refractivity contribution in [1.82, 2.24) is 0 Å². The van der Waals surface area contributed by atoms with Crippen molar-refractivity contribution in [2.45, 2.75) is 32.2 Å². The average molecular weight is 298 g/mol. The van der Waals surface area contributed by atoms with Crippen molar-refractivity contribution >= 4 is 27.6 Å². The Labute approximate surface area is 109 Å². The maximum absolute atomic E-state index is 11.1. The standard InChI is InChI=1S/C13H16BrNO2/c1-8(6-9-2-3-9)15-12-7-10(14)4-5-11(12)13(16)17/h4-5,7-9,15H,2-3,6H2,1H3,(H,16,17). The Morgan fingerprint density at radius 3 is 2.88 bits per heavy atom. The third-order valence-corrected chi connectivity index (χ3v) is 3.49. The summed E-state index contributed by atoms with van der Waals surface area (Å²) in [6, 6.07) is 5.51. The van der Waals surface area contributed by atoms with Crippen LogP contribution in [0.4, 0.5) is 5.69 Å². The van der Waals surface area contributed by atoms with Crippen LogP contribution in [0, 0.1) is 5.92 Å². The van der Waals surface area contributed by atoms with Crippen LogP contribution in [0.15, 0.2) is 22.7 Å². The largest absolute Gasteiger partial charge is 0.478 e. The number of hydrogen-bond donors (Lipinski definition) is 2. The predicted octanol–water partition coefficient (Wildman–Crippen LogP) is 3.75. The highest BCUT2D eigenvalue weighted by atomic mass is 79.9. The van der Waals surface area contributed by atoms with Gasteiger partial charge in [0, 0.05) is 10.5 Å². The maximum Gasteiger partial charge on any atom is 0.337 e. The molecule has 0 spiro atoms. The molecule has 0 aliphatic heterocycles. The lowest BCUT2D eigenvalue weighted by Gasteiger charge is -2.16. The number of carboxylic acids is 1. The average Bonchev–Trinajstić information content (AvgIpc) is 3.00. The van der Waals surface area contributed by atoms with E-state index in [1.54, 1.807) is 12.1 Å². The van der Waals surface area contributed by atoms with E-state index in [1.807, 2.05) is 6.07 Å². The molecule has 2 N–H and O–H groups in total. The van der Waals surface area contributed by atoms with Crippen LogP contribution < -0.4 is 5.32 Å². The van der Waals surface area contributed by atoms with Gasteiger partial charge in [0.2, 0.25) is 0 Å². The second-order valence-corrected chi connectivity index (χ2v) is 5.64. The summed E-state index contributed by atoms with van der Waals surface area (Å²) in [5.74, 6) is -0.0587. The van der Waals surface area contributed by atoms with Crippen molar-refractivity contribution in [3.05, 3.63) is 28.2 Å². The zero-order chi connectivity index (χ0) is 12.4. The van der Waals surface area contributed by atoms with Crippen LogP contribution in [0.1, 0.15) is 36.5 Å². The van der Waals surface area contributed by atoms with E-state index in [1.165, 1.54) is 12.8 Å². The van der Waals surface area contributed by atoms with Gasteiger partial charge in [0.15, 0.2) is 0 Å². The highest BCUT2D eigenvalue weighted by molar-refractivity contribution is 9.10. The Morgan fingerprint density at radius 1 is 1.59 bits per heavy atom. The van der Waals surface area contributed by atoms with E-state index >= 15 is 0 Å². The van der Waals surface area contributed by atoms with Gasteiger partial charge in [-0.2, -0.15) is 0 Å². The van der Waals surface area contributed by atoms with E-state index in [0.29, 0.717) is 17.3 Å². The predicted molar refractivity (Wildman–Crippen MR) is 71.5 cm³/mol. The minimum absolute atomic E-state index is 0.315. The van der Waals surface area contributed by atoms with Crippen LogP contribution in [0.2, 0.25) is 0 Å². The number of carbonyl (C=O) groups is 1. The molecule has 0 bridgehead atoms. The molecule has 2 rings (SSSR count). The highest BCUT2D eigenvalue weighted by Gasteiger charge is 2.24. The molecule has 0 saturated heterocycles. The van der Waals surface area contributed by atoms with E-state index in [-0.39, 0.29) is 0 Å². The van der Waals surface area contributed by atoms with Crippen molar-refractivity contribution in [3.63, 3.8) is 0 Å². The first-order valence-corrected chi connectivity index (χ1v) is 6.65. The van der Waals surface area contributed by atoms with Gasteiger partial charge in [-0.3, -0.25) is 0 Å². The van der Waals surface area contributed by atoms with Crippen LogP contribution in [0.3, 0.4) is 0 Å². The molecule has 1 aromatic rings. The third kappa shape index (κ3) is 3.46. The molecule has 0 amide bonds. The van der Waals surface area contributed by atoms with Crippen LogP contribution in [-0.4, -0.2) is 17.1 Å². The molecule has 92 valence electrons. The second kappa shape index (κ2) is 5.08. The first-order valence-electron chi connectivity index (χ1n) is 5.85. The van der Waals surface area contributed by atoms with Gasteiger partial charge < -0.3 is 10.4 Å². The van der Waals surface area contributed by atoms with Crippen molar-refractivity contribution in [2.75, 3.05) is 5.32 Å². The van der Waals surface area contributed by atoms with Crippen molar-refractivity contribution in [2.24, 2.45) is 5.92 Å². The smallest absolute Gasteiger partial charge is 0.337 e. The quantitative estimate of drug-likeness (QED) is 0.870. The van der Waals surface area contributed by atoms with Gasteiger partial charge in [0.25, 0.3) is 0 Å². The van der Waals surface area contributed by atoms with Gasteiger partial charge in [-0.25, -0.2) is 4.79 Å². The Balaban J connectivity index is 2.11. The molecule has 1 atom stereocenters. The van der Waals surface area contributed by atoms with Crippen LogP contribution >= 0.6 is 15.9 Å². The first-order chi connectivity index (χ1) is 8.06. The van der Waals surface area contributed by atoms with Gasteiger partial charge >= 0.3 is 5.97 Å². The number of halogens is 1. The monoisotopic (exact) mass is 297 g/mol. The maximum atomic E-state index is 11.1. The highest BCUT2D eigenvalue weighted by Crippen LogP contribution is 2.34. The molecule has 0 aromatic heterocycles. The molecule has 1 saturated carbocycles. The minimum Gasteiger partial charge on any atom is -0.478 e. The number of hydrogen-bond acceptors (Lipinski definition) is 2. The molecule has 1 aromatic carbocycles. The fourth-order valence-electron chi connectivity index (χ4n) is 2.00. The van der Waals surface area contributed by atoms with Crippen molar-refractivity contribution in [1.29, 1.82) is 0 Å². The summed E-state index contributed by atoms with van der Waals surface area (Å²) in [5.41, 5.74) is 1.02. The van der Waals surface area contributed by atoms with E-state index in [4.69, 9.17) is 5.11 Å². The molecule has 17 heavy (non-hydrogen) atoms. The summed E-state index contributed by atoms with van der Waals surface area (Å²) >= 11 is 3.37.